The summed E-state index contributed by atoms with van der Waals surface area (Å²) in [7, 11) is 0. The van der Waals surface area contributed by atoms with Gasteiger partial charge in [-0.3, -0.25) is 0 Å². The van der Waals surface area contributed by atoms with Gasteiger partial charge in [0.05, 0.1) is 10.5 Å². The minimum absolute atomic E-state index is 0.412. The molecule has 1 aromatic heterocycles. The van der Waals surface area contributed by atoms with Crippen molar-refractivity contribution in [2.24, 2.45) is 0 Å². The number of nitrogens with one attached hydrogen (secondary N) is 1. The molecule has 2 nitrogen and oxygen atoms in total. The Morgan fingerprint density at radius 3 is 2.76 bits per heavy atom. The van der Waals surface area contributed by atoms with Gasteiger partial charge in [-0.05, 0) is 18.6 Å². The predicted octanol–water partition coefficient (Wildman–Crippen LogP) is 4.16. The van der Waals surface area contributed by atoms with Crippen molar-refractivity contribution in [1.82, 2.24) is 4.98 Å². The highest BCUT2D eigenvalue weighted by Crippen LogP contribution is 2.30. The number of hydrogen-bond acceptors (Lipinski definition) is 1. The van der Waals surface area contributed by atoms with E-state index < -0.39 is 12.5 Å². The van der Waals surface area contributed by atoms with Crippen LogP contribution in [0.2, 0.25) is 5.02 Å². The Balaban J connectivity index is 2.31. The first-order chi connectivity index (χ1) is 7.87. The summed E-state index contributed by atoms with van der Waals surface area (Å²) < 4.78 is 30.4. The minimum Gasteiger partial charge on any atom is -0.487 e. The van der Waals surface area contributed by atoms with E-state index in [0.717, 1.165) is 23.4 Å². The molecule has 5 heteroatoms. The number of aromatic nitrogens is 1. The average molecular weight is 260 g/mol. The van der Waals surface area contributed by atoms with Gasteiger partial charge in [0.2, 0.25) is 0 Å². The first-order valence-corrected chi connectivity index (χ1v) is 5.52. The maximum Gasteiger partial charge on any atom is 0.278 e. The molecule has 2 rings (SSSR count). The lowest BCUT2D eigenvalue weighted by Crippen LogP contribution is -2.20. The van der Waals surface area contributed by atoms with Gasteiger partial charge in [0.25, 0.3) is 5.92 Å². The average Bonchev–Trinajstić information content (AvgIpc) is 2.57. The van der Waals surface area contributed by atoms with Crippen molar-refractivity contribution in [3.63, 3.8) is 0 Å². The number of rotatable bonds is 3. The number of H-pyrrole nitrogens is 1. The molecule has 92 valence electrons. The van der Waals surface area contributed by atoms with Crippen molar-refractivity contribution in [3.05, 3.63) is 28.9 Å². The maximum atomic E-state index is 12.7. The van der Waals surface area contributed by atoms with E-state index in [9.17, 15) is 8.78 Å². The second-order valence-corrected chi connectivity index (χ2v) is 4.57. The molecule has 0 saturated carbocycles. The van der Waals surface area contributed by atoms with Gasteiger partial charge in [0.1, 0.15) is 5.75 Å². The van der Waals surface area contributed by atoms with Gasteiger partial charge < -0.3 is 9.72 Å². The normalized spacial score (nSPS) is 12.1. The second kappa shape index (κ2) is 4.18. The lowest BCUT2D eigenvalue weighted by molar-refractivity contribution is -0.0229. The molecule has 0 bridgehead atoms. The molecule has 1 aromatic carbocycles. The van der Waals surface area contributed by atoms with Gasteiger partial charge in [-0.25, -0.2) is 8.78 Å². The fourth-order valence-corrected chi connectivity index (χ4v) is 2.00. The van der Waals surface area contributed by atoms with Gasteiger partial charge in [-0.1, -0.05) is 11.6 Å². The van der Waals surface area contributed by atoms with Crippen LogP contribution in [0.1, 0.15) is 12.5 Å². The number of aryl methyl sites for hydroxylation is 1. The third-order valence-corrected chi connectivity index (χ3v) is 2.69. The molecule has 1 heterocycles. The topological polar surface area (TPSA) is 25.0 Å². The number of benzene rings is 1. The van der Waals surface area contributed by atoms with Crippen LogP contribution in [0.5, 0.6) is 5.75 Å². The molecule has 0 saturated heterocycles. The van der Waals surface area contributed by atoms with Gasteiger partial charge in [-0.15, -0.1) is 0 Å². The van der Waals surface area contributed by atoms with E-state index in [1.807, 2.05) is 6.92 Å². The smallest absolute Gasteiger partial charge is 0.278 e. The molecule has 0 fully saturated rings. The lowest BCUT2D eigenvalue weighted by Gasteiger charge is -2.12. The maximum absolute atomic E-state index is 12.7. The third kappa shape index (κ3) is 2.69. The summed E-state index contributed by atoms with van der Waals surface area (Å²) in [5.41, 5.74) is 1.67. The van der Waals surface area contributed by atoms with E-state index >= 15 is 0 Å². The monoisotopic (exact) mass is 259 g/mol. The van der Waals surface area contributed by atoms with Crippen LogP contribution < -0.4 is 4.74 Å². The summed E-state index contributed by atoms with van der Waals surface area (Å²) in [6, 6.07) is 3.37. The summed E-state index contributed by atoms with van der Waals surface area (Å²) in [6.45, 7) is 2.05. The number of ether oxygens (including phenoxy) is 1. The van der Waals surface area contributed by atoms with Crippen molar-refractivity contribution in [2.45, 2.75) is 19.8 Å². The van der Waals surface area contributed by atoms with E-state index in [1.54, 1.807) is 18.3 Å². The zero-order valence-corrected chi connectivity index (χ0v) is 10.2. The van der Waals surface area contributed by atoms with Crippen molar-refractivity contribution < 1.29 is 13.5 Å². The van der Waals surface area contributed by atoms with Crippen molar-refractivity contribution in [3.8, 4) is 5.75 Å². The van der Waals surface area contributed by atoms with Crippen LogP contribution in [-0.2, 0) is 0 Å². The van der Waals surface area contributed by atoms with Crippen molar-refractivity contribution in [2.75, 3.05) is 6.61 Å². The van der Waals surface area contributed by atoms with E-state index in [1.165, 1.54) is 0 Å². The molecule has 0 unspecified atom stereocenters. The quantitative estimate of drug-likeness (QED) is 0.879. The Morgan fingerprint density at radius 1 is 1.41 bits per heavy atom. The largest absolute Gasteiger partial charge is 0.487 e. The van der Waals surface area contributed by atoms with Crippen LogP contribution in [0.15, 0.2) is 18.3 Å². The fourth-order valence-electron chi connectivity index (χ4n) is 1.69. The van der Waals surface area contributed by atoms with E-state index in [0.29, 0.717) is 10.8 Å². The molecular formula is C12H12ClF2NO. The molecular weight excluding hydrogens is 248 g/mol. The van der Waals surface area contributed by atoms with Gasteiger partial charge >= 0.3 is 0 Å². The SMILES string of the molecule is Cc1cc(OCC(C)(F)F)cc2[nH]cc(Cl)c12. The summed E-state index contributed by atoms with van der Waals surface area (Å²) >= 11 is 5.99. The minimum atomic E-state index is -2.84. The lowest BCUT2D eigenvalue weighted by atomic mass is 10.1. The van der Waals surface area contributed by atoms with Gasteiger partial charge in [-0.2, -0.15) is 0 Å². The number of hydrogen-bond donors (Lipinski definition) is 1. The Hall–Kier alpha value is -1.29. The number of fused-ring (bicyclic) bond motifs is 1. The zero-order valence-electron chi connectivity index (χ0n) is 9.48. The molecule has 0 amide bonds. The van der Waals surface area contributed by atoms with Crippen LogP contribution in [0.3, 0.4) is 0 Å². The summed E-state index contributed by atoms with van der Waals surface area (Å²) in [5.74, 6) is -2.42. The molecule has 1 N–H and O–H groups in total. The van der Waals surface area contributed by atoms with Crippen molar-refractivity contribution >= 4 is 22.5 Å². The highest BCUT2D eigenvalue weighted by Gasteiger charge is 2.22. The first-order valence-electron chi connectivity index (χ1n) is 5.15. The summed E-state index contributed by atoms with van der Waals surface area (Å²) in [6.07, 6.45) is 1.66. The van der Waals surface area contributed by atoms with Gasteiger partial charge in [0, 0.05) is 24.6 Å². The number of halogens is 3. The second-order valence-electron chi connectivity index (χ2n) is 4.16. The summed E-state index contributed by atoms with van der Waals surface area (Å²) in [4.78, 5) is 2.97. The van der Waals surface area contributed by atoms with E-state index in [4.69, 9.17) is 16.3 Å². The Bertz CT molecular complexity index is 545. The third-order valence-electron chi connectivity index (χ3n) is 2.39. The Morgan fingerprint density at radius 2 is 2.12 bits per heavy atom. The highest BCUT2D eigenvalue weighted by molar-refractivity contribution is 6.35. The molecule has 17 heavy (non-hydrogen) atoms. The van der Waals surface area contributed by atoms with Gasteiger partial charge in [0.15, 0.2) is 6.61 Å². The molecule has 0 spiro atoms. The molecule has 2 aromatic rings. The van der Waals surface area contributed by atoms with Crippen LogP contribution >= 0.6 is 11.6 Å². The molecule has 0 aliphatic rings. The van der Waals surface area contributed by atoms with E-state index in [2.05, 4.69) is 4.98 Å². The van der Waals surface area contributed by atoms with Crippen LogP contribution in [0.4, 0.5) is 8.78 Å². The number of aromatic amines is 1. The first kappa shape index (κ1) is 12.2. The van der Waals surface area contributed by atoms with Crippen LogP contribution in [-0.4, -0.2) is 17.5 Å². The Labute approximate surface area is 103 Å². The highest BCUT2D eigenvalue weighted by atomic mass is 35.5. The Kier molecular flexibility index (Phi) is 3.00. The van der Waals surface area contributed by atoms with Crippen LogP contribution in [0.25, 0.3) is 10.9 Å². The zero-order chi connectivity index (χ0) is 12.6. The standard InChI is InChI=1S/C12H12ClF2NO/c1-7-3-8(17-6-12(2,14)15)4-10-11(7)9(13)5-16-10/h3-5,16H,6H2,1-2H3. The van der Waals surface area contributed by atoms with Crippen molar-refractivity contribution in [1.29, 1.82) is 0 Å². The van der Waals surface area contributed by atoms with E-state index in [-0.39, 0.29) is 0 Å². The molecule has 0 aliphatic heterocycles. The number of alkyl halides is 2. The molecule has 0 radical (unpaired) electrons. The summed E-state index contributed by atoms with van der Waals surface area (Å²) in [5, 5.41) is 1.51. The fraction of sp³-hybridized carbons (Fsp3) is 0.333. The molecule has 0 atom stereocenters. The van der Waals surface area contributed by atoms with Crippen LogP contribution in [0, 0.1) is 6.92 Å². The molecule has 0 aliphatic carbocycles. The predicted molar refractivity (Wildman–Crippen MR) is 64.2 cm³/mol.